The molecule has 0 aliphatic carbocycles. The molecule has 0 N–H and O–H groups in total. The van der Waals surface area contributed by atoms with Crippen LogP contribution in [0, 0.1) is 11.3 Å². The lowest BCUT2D eigenvalue weighted by Crippen LogP contribution is -1.93. The zero-order valence-corrected chi connectivity index (χ0v) is 9.78. The van der Waals surface area contributed by atoms with Crippen molar-refractivity contribution in [1.82, 2.24) is 0 Å². The minimum atomic E-state index is -0.0529. The summed E-state index contributed by atoms with van der Waals surface area (Å²) in [6, 6.07) is 12.5. The van der Waals surface area contributed by atoms with Gasteiger partial charge in [-0.05, 0) is 47.9 Å². The summed E-state index contributed by atoms with van der Waals surface area (Å²) in [6.45, 7) is 0. The first-order valence-corrected chi connectivity index (χ1v) is 5.93. The Balaban J connectivity index is 2.12. The van der Waals surface area contributed by atoms with E-state index in [9.17, 15) is 4.79 Å². The number of hydrogen-bond donors (Lipinski definition) is 0. The summed E-state index contributed by atoms with van der Waals surface area (Å²) in [5, 5.41) is 10.6. The van der Waals surface area contributed by atoms with Gasteiger partial charge in [0.1, 0.15) is 0 Å². The molecule has 0 aliphatic rings. The van der Waals surface area contributed by atoms with Crippen molar-refractivity contribution >= 4 is 23.2 Å². The fourth-order valence-electron chi connectivity index (χ4n) is 1.35. The second-order valence-electron chi connectivity index (χ2n) is 3.40. The minimum Gasteiger partial charge on any atom is -0.289 e. The molecule has 3 heteroatoms. The Morgan fingerprint density at radius 2 is 2.00 bits per heavy atom. The predicted molar refractivity (Wildman–Crippen MR) is 68.8 cm³/mol. The van der Waals surface area contributed by atoms with Crippen LogP contribution in [-0.2, 0) is 0 Å². The number of ketones is 1. The van der Waals surface area contributed by atoms with Gasteiger partial charge in [-0.2, -0.15) is 5.26 Å². The van der Waals surface area contributed by atoms with Crippen molar-refractivity contribution in [3.63, 3.8) is 0 Å². The number of thiophene rings is 1. The summed E-state index contributed by atoms with van der Waals surface area (Å²) < 4.78 is 0. The predicted octanol–water partition coefficient (Wildman–Crippen LogP) is 3.52. The quantitative estimate of drug-likeness (QED) is 0.607. The van der Waals surface area contributed by atoms with Gasteiger partial charge < -0.3 is 0 Å². The molecule has 0 aliphatic heterocycles. The molecule has 0 unspecified atom stereocenters. The molecule has 2 aromatic rings. The second-order valence-corrected chi connectivity index (χ2v) is 4.38. The average Bonchev–Trinajstić information content (AvgIpc) is 2.89. The van der Waals surface area contributed by atoms with E-state index in [0.717, 1.165) is 4.88 Å². The number of benzene rings is 1. The smallest absolute Gasteiger partial charge is 0.185 e. The summed E-state index contributed by atoms with van der Waals surface area (Å²) >= 11 is 1.58. The highest BCUT2D eigenvalue weighted by molar-refractivity contribution is 7.10. The molecule has 1 aromatic carbocycles. The zero-order valence-electron chi connectivity index (χ0n) is 8.96. The molecule has 82 valence electrons. The highest BCUT2D eigenvalue weighted by atomic mass is 32.1. The van der Waals surface area contributed by atoms with Crippen molar-refractivity contribution in [2.45, 2.75) is 0 Å². The van der Waals surface area contributed by atoms with E-state index in [2.05, 4.69) is 0 Å². The topological polar surface area (TPSA) is 40.9 Å². The molecule has 2 nitrogen and oxygen atoms in total. The molecule has 1 aromatic heterocycles. The normalized spacial score (nSPS) is 10.3. The van der Waals surface area contributed by atoms with E-state index in [-0.39, 0.29) is 5.78 Å². The molecular weight excluding hydrogens is 230 g/mol. The largest absolute Gasteiger partial charge is 0.289 e. The number of hydrogen-bond acceptors (Lipinski definition) is 3. The van der Waals surface area contributed by atoms with Gasteiger partial charge in [-0.3, -0.25) is 4.79 Å². The number of allylic oxidation sites excluding steroid dienone is 1. The van der Waals surface area contributed by atoms with Crippen LogP contribution in [-0.4, -0.2) is 5.78 Å². The van der Waals surface area contributed by atoms with Crippen molar-refractivity contribution < 1.29 is 4.79 Å². The molecule has 0 radical (unpaired) electrons. The molecule has 0 saturated carbocycles. The molecule has 0 bridgehead atoms. The number of carbonyl (C=O) groups excluding carboxylic acids is 1. The standard InChI is InChI=1S/C14H9NOS/c15-10-11-3-5-12(6-4-11)14(16)8-7-13-2-1-9-17-13/h1-9H. The molecule has 0 atom stereocenters. The van der Waals surface area contributed by atoms with Gasteiger partial charge in [-0.1, -0.05) is 6.07 Å². The zero-order chi connectivity index (χ0) is 12.1. The molecule has 0 fully saturated rings. The SMILES string of the molecule is N#Cc1ccc(C(=O)C=Cc2cccs2)cc1. The Hall–Kier alpha value is -2.18. The Morgan fingerprint density at radius 3 is 2.59 bits per heavy atom. The van der Waals surface area contributed by atoms with E-state index in [1.807, 2.05) is 23.6 Å². The van der Waals surface area contributed by atoms with Crippen molar-refractivity contribution in [3.8, 4) is 6.07 Å². The molecule has 17 heavy (non-hydrogen) atoms. The molecule has 2 rings (SSSR count). The maximum absolute atomic E-state index is 11.8. The lowest BCUT2D eigenvalue weighted by atomic mass is 10.1. The molecule has 0 spiro atoms. The van der Waals surface area contributed by atoms with Gasteiger partial charge in [-0.15, -0.1) is 11.3 Å². The van der Waals surface area contributed by atoms with Gasteiger partial charge in [0.15, 0.2) is 5.78 Å². The van der Waals surface area contributed by atoms with E-state index in [4.69, 9.17) is 5.26 Å². The van der Waals surface area contributed by atoms with Crippen LogP contribution < -0.4 is 0 Å². The van der Waals surface area contributed by atoms with Crippen molar-refractivity contribution in [2.75, 3.05) is 0 Å². The third-order valence-electron chi connectivity index (χ3n) is 2.24. The maximum Gasteiger partial charge on any atom is 0.185 e. The first kappa shape index (κ1) is 11.3. The average molecular weight is 239 g/mol. The maximum atomic E-state index is 11.8. The lowest BCUT2D eigenvalue weighted by molar-refractivity contribution is 0.104. The number of nitriles is 1. The van der Waals surface area contributed by atoms with Gasteiger partial charge in [-0.25, -0.2) is 0 Å². The van der Waals surface area contributed by atoms with Gasteiger partial charge in [0.2, 0.25) is 0 Å². The van der Waals surface area contributed by atoms with Crippen LogP contribution >= 0.6 is 11.3 Å². The van der Waals surface area contributed by atoms with Crippen LogP contribution in [0.25, 0.3) is 6.08 Å². The van der Waals surface area contributed by atoms with Crippen LogP contribution in [0.2, 0.25) is 0 Å². The summed E-state index contributed by atoms with van der Waals surface area (Å²) in [5.41, 5.74) is 1.15. The van der Waals surface area contributed by atoms with Crippen LogP contribution in [0.15, 0.2) is 47.9 Å². The fourth-order valence-corrected chi connectivity index (χ4v) is 1.97. The Bertz CT molecular complexity index is 574. The highest BCUT2D eigenvalue weighted by Gasteiger charge is 2.01. The van der Waals surface area contributed by atoms with Gasteiger partial charge in [0.25, 0.3) is 0 Å². The lowest BCUT2D eigenvalue weighted by Gasteiger charge is -1.95. The van der Waals surface area contributed by atoms with Crippen molar-refractivity contribution in [1.29, 1.82) is 5.26 Å². The summed E-state index contributed by atoms with van der Waals surface area (Å²) in [5.74, 6) is -0.0529. The van der Waals surface area contributed by atoms with Crippen LogP contribution in [0.3, 0.4) is 0 Å². The van der Waals surface area contributed by atoms with E-state index in [0.29, 0.717) is 11.1 Å². The number of rotatable bonds is 3. The van der Waals surface area contributed by atoms with Crippen LogP contribution in [0.4, 0.5) is 0 Å². The molecule has 1 heterocycles. The van der Waals surface area contributed by atoms with Crippen LogP contribution in [0.5, 0.6) is 0 Å². The number of carbonyl (C=O) groups is 1. The first-order chi connectivity index (χ1) is 8.29. The van der Waals surface area contributed by atoms with Crippen molar-refractivity contribution in [3.05, 3.63) is 63.9 Å². The minimum absolute atomic E-state index is 0.0529. The second kappa shape index (κ2) is 5.24. The Labute approximate surface area is 103 Å². The third kappa shape index (κ3) is 2.90. The monoisotopic (exact) mass is 239 g/mol. The highest BCUT2D eigenvalue weighted by Crippen LogP contribution is 2.11. The summed E-state index contributed by atoms with van der Waals surface area (Å²) in [4.78, 5) is 12.8. The number of nitrogens with zero attached hydrogens (tertiary/aromatic N) is 1. The first-order valence-electron chi connectivity index (χ1n) is 5.05. The van der Waals surface area contributed by atoms with E-state index in [1.165, 1.54) is 0 Å². The van der Waals surface area contributed by atoms with E-state index >= 15 is 0 Å². The van der Waals surface area contributed by atoms with E-state index < -0.39 is 0 Å². The van der Waals surface area contributed by atoms with Gasteiger partial charge in [0.05, 0.1) is 11.6 Å². The molecule has 0 amide bonds. The van der Waals surface area contributed by atoms with Gasteiger partial charge in [0, 0.05) is 10.4 Å². The van der Waals surface area contributed by atoms with Crippen molar-refractivity contribution in [2.24, 2.45) is 0 Å². The summed E-state index contributed by atoms with van der Waals surface area (Å²) in [7, 11) is 0. The third-order valence-corrected chi connectivity index (χ3v) is 3.08. The van der Waals surface area contributed by atoms with Crippen LogP contribution in [0.1, 0.15) is 20.8 Å². The summed E-state index contributed by atoms with van der Waals surface area (Å²) in [6.07, 6.45) is 3.35. The Morgan fingerprint density at radius 1 is 1.24 bits per heavy atom. The van der Waals surface area contributed by atoms with Gasteiger partial charge >= 0.3 is 0 Å². The van der Waals surface area contributed by atoms with E-state index in [1.54, 1.807) is 47.8 Å². The fraction of sp³-hybridized carbons (Fsp3) is 0. The molecular formula is C14H9NOS. The molecule has 0 saturated heterocycles. The Kier molecular flexibility index (Phi) is 3.49.